The van der Waals surface area contributed by atoms with Gasteiger partial charge in [0.05, 0.1) is 12.8 Å². The predicted molar refractivity (Wildman–Crippen MR) is 59.5 cm³/mol. The fourth-order valence-corrected chi connectivity index (χ4v) is 1.79. The Morgan fingerprint density at radius 3 is 2.50 bits per heavy atom. The number of methoxy groups -OCH3 is 3. The summed E-state index contributed by atoms with van der Waals surface area (Å²) in [4.78, 5) is 0. The number of hydrogen-bond acceptors (Lipinski definition) is 5. The molecule has 2 atom stereocenters. The van der Waals surface area contributed by atoms with E-state index < -0.39 is 11.9 Å². The van der Waals surface area contributed by atoms with Gasteiger partial charge in [0.15, 0.2) is 11.9 Å². The van der Waals surface area contributed by atoms with Crippen LogP contribution in [0.15, 0.2) is 23.6 Å². The highest BCUT2D eigenvalue weighted by atomic mass is 16.7. The summed E-state index contributed by atoms with van der Waals surface area (Å²) < 4.78 is 21.6. The van der Waals surface area contributed by atoms with Crippen molar-refractivity contribution in [2.45, 2.75) is 18.8 Å². The summed E-state index contributed by atoms with van der Waals surface area (Å²) in [5.41, 5.74) is 6.32. The molecule has 5 heteroatoms. The van der Waals surface area contributed by atoms with Crippen molar-refractivity contribution < 1.29 is 18.9 Å². The Balaban J connectivity index is 3.10. The number of allylic oxidation sites excluding steroid dienone is 1. The molecule has 0 aromatic carbocycles. The molecule has 0 saturated carbocycles. The standard InChI is InChI=1S/C11H19NO4/c1-5-16-11(15-4)7-6-8(12)9(13-2)10(11)14-3/h6-7,10H,5,12H2,1-4H3. The van der Waals surface area contributed by atoms with Gasteiger partial charge in [0.2, 0.25) is 5.79 Å². The zero-order chi connectivity index (χ0) is 12.2. The molecule has 0 amide bonds. The van der Waals surface area contributed by atoms with Gasteiger partial charge in [0.1, 0.15) is 0 Å². The SMILES string of the molecule is CCOC1(OC)C=CC(N)=C(OC)C1OC. The summed E-state index contributed by atoms with van der Waals surface area (Å²) in [5, 5.41) is 0. The average Bonchev–Trinajstić information content (AvgIpc) is 2.31. The summed E-state index contributed by atoms with van der Waals surface area (Å²) in [7, 11) is 4.66. The molecular formula is C11H19NO4. The van der Waals surface area contributed by atoms with Crippen LogP contribution in [0.4, 0.5) is 0 Å². The minimum Gasteiger partial charge on any atom is -0.496 e. The van der Waals surface area contributed by atoms with Crippen LogP contribution in [0.3, 0.4) is 0 Å². The first-order valence-corrected chi connectivity index (χ1v) is 5.10. The molecule has 16 heavy (non-hydrogen) atoms. The highest BCUT2D eigenvalue weighted by molar-refractivity contribution is 5.32. The molecular weight excluding hydrogens is 210 g/mol. The topological polar surface area (TPSA) is 62.9 Å². The fraction of sp³-hybridized carbons (Fsp3) is 0.636. The van der Waals surface area contributed by atoms with E-state index >= 15 is 0 Å². The van der Waals surface area contributed by atoms with Gasteiger partial charge in [0, 0.05) is 20.8 Å². The van der Waals surface area contributed by atoms with E-state index in [9.17, 15) is 0 Å². The van der Waals surface area contributed by atoms with Crippen molar-refractivity contribution in [3.8, 4) is 0 Å². The summed E-state index contributed by atoms with van der Waals surface area (Å²) in [6, 6.07) is 0. The van der Waals surface area contributed by atoms with Crippen LogP contribution in [0.5, 0.6) is 0 Å². The van der Waals surface area contributed by atoms with Crippen molar-refractivity contribution in [2.75, 3.05) is 27.9 Å². The van der Waals surface area contributed by atoms with Crippen LogP contribution >= 0.6 is 0 Å². The molecule has 0 radical (unpaired) electrons. The molecule has 0 aromatic rings. The Hall–Kier alpha value is -1.04. The van der Waals surface area contributed by atoms with E-state index in [-0.39, 0.29) is 0 Å². The Kier molecular flexibility index (Phi) is 4.35. The predicted octanol–water partition coefficient (Wildman–Crippen LogP) is 0.767. The number of hydrogen-bond donors (Lipinski definition) is 1. The second-order valence-corrected chi connectivity index (χ2v) is 3.33. The zero-order valence-corrected chi connectivity index (χ0v) is 10.1. The van der Waals surface area contributed by atoms with E-state index in [0.29, 0.717) is 18.1 Å². The third kappa shape index (κ3) is 2.07. The molecule has 2 unspecified atom stereocenters. The van der Waals surface area contributed by atoms with Crippen LogP contribution in [-0.2, 0) is 18.9 Å². The Bertz CT molecular complexity index is 300. The van der Waals surface area contributed by atoms with Crippen LogP contribution in [0.2, 0.25) is 0 Å². The van der Waals surface area contributed by atoms with Crippen LogP contribution in [0.1, 0.15) is 6.92 Å². The number of ether oxygens (including phenoxy) is 4. The maximum Gasteiger partial charge on any atom is 0.222 e. The van der Waals surface area contributed by atoms with E-state index in [0.717, 1.165) is 0 Å². The molecule has 0 spiro atoms. The van der Waals surface area contributed by atoms with Crippen molar-refractivity contribution in [1.29, 1.82) is 0 Å². The minimum absolute atomic E-state index is 0.495. The van der Waals surface area contributed by atoms with Gasteiger partial charge in [-0.2, -0.15) is 0 Å². The molecule has 0 fully saturated rings. The third-order valence-corrected chi connectivity index (χ3v) is 2.53. The van der Waals surface area contributed by atoms with Crippen molar-refractivity contribution in [3.63, 3.8) is 0 Å². The summed E-state index contributed by atoms with van der Waals surface area (Å²) in [6.07, 6.45) is 2.93. The van der Waals surface area contributed by atoms with E-state index in [4.69, 9.17) is 24.7 Å². The molecule has 0 heterocycles. The molecule has 0 bridgehead atoms. The van der Waals surface area contributed by atoms with Gasteiger partial charge in [-0.1, -0.05) is 0 Å². The summed E-state index contributed by atoms with van der Waals surface area (Å²) in [6.45, 7) is 2.38. The lowest BCUT2D eigenvalue weighted by Crippen LogP contribution is -2.49. The number of rotatable bonds is 5. The van der Waals surface area contributed by atoms with Crippen LogP contribution in [-0.4, -0.2) is 39.8 Å². The molecule has 1 rings (SSSR count). The summed E-state index contributed by atoms with van der Waals surface area (Å²) >= 11 is 0. The molecule has 1 aliphatic carbocycles. The van der Waals surface area contributed by atoms with E-state index in [2.05, 4.69) is 0 Å². The minimum atomic E-state index is -0.974. The lowest BCUT2D eigenvalue weighted by Gasteiger charge is -2.38. The summed E-state index contributed by atoms with van der Waals surface area (Å²) in [5.74, 6) is -0.460. The third-order valence-electron chi connectivity index (χ3n) is 2.53. The first-order chi connectivity index (χ1) is 7.65. The van der Waals surface area contributed by atoms with Gasteiger partial charge in [-0.3, -0.25) is 0 Å². The second-order valence-electron chi connectivity index (χ2n) is 3.33. The maximum absolute atomic E-state index is 5.80. The first-order valence-electron chi connectivity index (χ1n) is 5.10. The lowest BCUT2D eigenvalue weighted by molar-refractivity contribution is -0.242. The molecule has 0 aliphatic heterocycles. The van der Waals surface area contributed by atoms with Crippen molar-refractivity contribution in [1.82, 2.24) is 0 Å². The Labute approximate surface area is 95.8 Å². The van der Waals surface area contributed by atoms with Gasteiger partial charge < -0.3 is 24.7 Å². The van der Waals surface area contributed by atoms with E-state index in [1.165, 1.54) is 0 Å². The van der Waals surface area contributed by atoms with Gasteiger partial charge >= 0.3 is 0 Å². The second kappa shape index (κ2) is 5.34. The van der Waals surface area contributed by atoms with Gasteiger partial charge in [0.25, 0.3) is 0 Å². The van der Waals surface area contributed by atoms with Crippen LogP contribution < -0.4 is 5.73 Å². The highest BCUT2D eigenvalue weighted by Gasteiger charge is 2.44. The highest BCUT2D eigenvalue weighted by Crippen LogP contribution is 2.32. The van der Waals surface area contributed by atoms with Gasteiger partial charge in [-0.15, -0.1) is 0 Å². The molecule has 0 saturated heterocycles. The lowest BCUT2D eigenvalue weighted by atomic mass is 10.00. The molecule has 2 N–H and O–H groups in total. The maximum atomic E-state index is 5.80. The monoisotopic (exact) mass is 229 g/mol. The zero-order valence-electron chi connectivity index (χ0n) is 10.1. The fourth-order valence-electron chi connectivity index (χ4n) is 1.79. The van der Waals surface area contributed by atoms with Gasteiger partial charge in [-0.25, -0.2) is 0 Å². The van der Waals surface area contributed by atoms with Crippen molar-refractivity contribution in [3.05, 3.63) is 23.6 Å². The van der Waals surface area contributed by atoms with E-state index in [1.807, 2.05) is 6.92 Å². The van der Waals surface area contributed by atoms with Crippen LogP contribution in [0.25, 0.3) is 0 Å². The Morgan fingerprint density at radius 1 is 1.38 bits per heavy atom. The van der Waals surface area contributed by atoms with Gasteiger partial charge in [-0.05, 0) is 19.1 Å². The first kappa shape index (κ1) is 13.0. The van der Waals surface area contributed by atoms with Crippen molar-refractivity contribution in [2.24, 2.45) is 5.73 Å². The number of nitrogens with two attached hydrogens (primary N) is 1. The smallest absolute Gasteiger partial charge is 0.222 e. The quantitative estimate of drug-likeness (QED) is 0.705. The molecule has 0 aromatic heterocycles. The molecule has 92 valence electrons. The molecule has 5 nitrogen and oxygen atoms in total. The molecule has 1 aliphatic rings. The van der Waals surface area contributed by atoms with Crippen LogP contribution in [0, 0.1) is 0 Å². The van der Waals surface area contributed by atoms with Crippen molar-refractivity contribution >= 4 is 0 Å². The Morgan fingerprint density at radius 2 is 2.06 bits per heavy atom. The van der Waals surface area contributed by atoms with E-state index in [1.54, 1.807) is 33.5 Å². The average molecular weight is 229 g/mol. The largest absolute Gasteiger partial charge is 0.496 e. The normalized spacial score (nSPS) is 29.6.